The van der Waals surface area contributed by atoms with E-state index >= 15 is 0 Å². The summed E-state index contributed by atoms with van der Waals surface area (Å²) < 4.78 is 0.939. The normalized spacial score (nSPS) is 22.5. The van der Waals surface area contributed by atoms with Gasteiger partial charge in [0.05, 0.1) is 25.7 Å². The highest BCUT2D eigenvalue weighted by atomic mass is 16.2. The van der Waals surface area contributed by atoms with Crippen LogP contribution in [0.2, 0.25) is 0 Å². The van der Waals surface area contributed by atoms with Crippen LogP contribution in [0.1, 0.15) is 105 Å². The van der Waals surface area contributed by atoms with Crippen molar-refractivity contribution in [2.75, 3.05) is 43.4 Å². The Morgan fingerprint density at radius 2 is 1.41 bits per heavy atom. The van der Waals surface area contributed by atoms with Gasteiger partial charge in [-0.1, -0.05) is 55.7 Å². The Balaban J connectivity index is 1.35. The van der Waals surface area contributed by atoms with E-state index in [2.05, 4.69) is 87.4 Å². The fourth-order valence-electron chi connectivity index (χ4n) is 7.97. The molecule has 242 valence electrons. The van der Waals surface area contributed by atoms with Crippen LogP contribution in [0, 0.1) is 34.6 Å². The summed E-state index contributed by atoms with van der Waals surface area (Å²) in [6.07, 6.45) is 12.2. The monoisotopic (exact) mass is 603 g/mol. The number of nitrogens with one attached hydrogen (secondary N) is 2. The highest BCUT2D eigenvalue weighted by molar-refractivity contribution is 5.96. The number of amides is 2. The molecular formula is C38H59N4O2+. The zero-order valence-electron chi connectivity index (χ0n) is 28.6. The van der Waals surface area contributed by atoms with Crippen molar-refractivity contribution in [2.24, 2.45) is 0 Å². The Kier molecular flexibility index (Phi) is 12.5. The number of aryl methyl sites for hydroxylation is 5. The maximum atomic E-state index is 13.9. The van der Waals surface area contributed by atoms with E-state index < -0.39 is 0 Å². The molecule has 0 aliphatic carbocycles. The van der Waals surface area contributed by atoms with Crippen molar-refractivity contribution in [3.8, 4) is 0 Å². The van der Waals surface area contributed by atoms with E-state index in [9.17, 15) is 9.59 Å². The standard InChI is InChI=1S/C38H58N4O2/c1-7-8-23-42(25-15-11-20-34(42)38(44)40-35-29(3)17-16-18-30(35)4)24-14-9-12-21-41-22-13-10-19-33(41)37(43)39-36-31(5)26-28(2)27-32(36)6/h16-18,26-27,33-34H,7-15,19-25H2,1-6H3,(H-,39,40,43,44)/p+1. The molecule has 2 fully saturated rings. The largest absolute Gasteiger partial charge is 0.324 e. The second kappa shape index (κ2) is 16.0. The van der Waals surface area contributed by atoms with E-state index in [1.54, 1.807) is 0 Å². The number of anilines is 2. The predicted molar refractivity (Wildman–Crippen MR) is 184 cm³/mol. The van der Waals surface area contributed by atoms with E-state index in [0.29, 0.717) is 0 Å². The number of rotatable bonds is 13. The smallest absolute Gasteiger partial charge is 0.282 e. The van der Waals surface area contributed by atoms with Crippen LogP contribution in [-0.4, -0.2) is 66.0 Å². The maximum absolute atomic E-state index is 13.9. The SMILES string of the molecule is CCCC[N+]1(CCCCCN2CCCCC2C(=O)Nc2c(C)cc(C)cc2C)CCCCC1C(=O)Nc1c(C)cccc1C. The molecule has 0 saturated carbocycles. The van der Waals surface area contributed by atoms with E-state index in [1.807, 2.05) is 0 Å². The van der Waals surface area contributed by atoms with Crippen LogP contribution >= 0.6 is 0 Å². The number of unbranched alkanes of at least 4 members (excludes halogenated alkanes) is 3. The van der Waals surface area contributed by atoms with Gasteiger partial charge in [0.25, 0.3) is 5.91 Å². The second-order valence-electron chi connectivity index (χ2n) is 13.9. The van der Waals surface area contributed by atoms with Gasteiger partial charge in [0.1, 0.15) is 0 Å². The van der Waals surface area contributed by atoms with Gasteiger partial charge >= 0.3 is 0 Å². The lowest BCUT2D eigenvalue weighted by molar-refractivity contribution is -0.947. The molecule has 6 nitrogen and oxygen atoms in total. The molecule has 3 unspecified atom stereocenters. The highest BCUT2D eigenvalue weighted by Crippen LogP contribution is 2.31. The zero-order valence-corrected chi connectivity index (χ0v) is 28.6. The van der Waals surface area contributed by atoms with Crippen LogP contribution in [0.3, 0.4) is 0 Å². The average molecular weight is 604 g/mol. The second-order valence-corrected chi connectivity index (χ2v) is 13.9. The van der Waals surface area contributed by atoms with Gasteiger partial charge in [-0.05, 0) is 121 Å². The number of hydrogen-bond donors (Lipinski definition) is 2. The lowest BCUT2D eigenvalue weighted by Gasteiger charge is -2.47. The summed E-state index contributed by atoms with van der Waals surface area (Å²) in [5.41, 5.74) is 7.74. The van der Waals surface area contributed by atoms with Crippen LogP contribution < -0.4 is 10.6 Å². The first kappa shape index (κ1) is 34.2. The number of hydrogen-bond acceptors (Lipinski definition) is 3. The maximum Gasteiger partial charge on any atom is 0.282 e. The lowest BCUT2D eigenvalue weighted by atomic mass is 9.95. The molecule has 2 amide bonds. The van der Waals surface area contributed by atoms with Crippen LogP contribution in [0.5, 0.6) is 0 Å². The third-order valence-corrected chi connectivity index (χ3v) is 10.4. The Morgan fingerprint density at radius 3 is 2.11 bits per heavy atom. The molecule has 2 heterocycles. The Hall–Kier alpha value is -2.70. The summed E-state index contributed by atoms with van der Waals surface area (Å²) in [4.78, 5) is 29.8. The molecule has 2 aromatic carbocycles. The molecule has 3 atom stereocenters. The molecule has 2 aromatic rings. The van der Waals surface area contributed by atoms with Gasteiger partial charge in [-0.15, -0.1) is 0 Å². The lowest BCUT2D eigenvalue weighted by Crippen LogP contribution is -2.63. The number of benzene rings is 2. The van der Waals surface area contributed by atoms with Gasteiger partial charge < -0.3 is 15.1 Å². The van der Waals surface area contributed by atoms with Crippen molar-refractivity contribution in [3.05, 3.63) is 58.1 Å². The highest BCUT2D eigenvalue weighted by Gasteiger charge is 2.43. The number of nitrogens with zero attached hydrogens (tertiary/aromatic N) is 2. The summed E-state index contributed by atoms with van der Waals surface area (Å²) in [6.45, 7) is 18.0. The summed E-state index contributed by atoms with van der Waals surface area (Å²) in [5.74, 6) is 0.356. The van der Waals surface area contributed by atoms with Crippen molar-refractivity contribution in [3.63, 3.8) is 0 Å². The molecule has 0 bridgehead atoms. The molecule has 4 rings (SSSR count). The Labute approximate surface area is 267 Å². The van der Waals surface area contributed by atoms with Gasteiger partial charge in [0, 0.05) is 17.8 Å². The van der Waals surface area contributed by atoms with Gasteiger partial charge in [-0.2, -0.15) is 0 Å². The van der Waals surface area contributed by atoms with Crippen molar-refractivity contribution in [1.29, 1.82) is 0 Å². The van der Waals surface area contributed by atoms with Crippen molar-refractivity contribution in [2.45, 2.75) is 124 Å². The quantitative estimate of drug-likeness (QED) is 0.180. The molecule has 0 radical (unpaired) electrons. The molecule has 2 saturated heterocycles. The van der Waals surface area contributed by atoms with Gasteiger partial charge in [0.15, 0.2) is 6.04 Å². The number of para-hydroxylation sites is 1. The molecular weight excluding hydrogens is 544 g/mol. The topological polar surface area (TPSA) is 61.4 Å². The molecule has 0 spiro atoms. The van der Waals surface area contributed by atoms with E-state index in [0.717, 1.165) is 129 Å². The minimum Gasteiger partial charge on any atom is -0.324 e. The third kappa shape index (κ3) is 8.51. The fourth-order valence-corrected chi connectivity index (χ4v) is 7.97. The average Bonchev–Trinajstić information content (AvgIpc) is 3.00. The first-order valence-electron chi connectivity index (χ1n) is 17.5. The van der Waals surface area contributed by atoms with E-state index in [-0.39, 0.29) is 23.9 Å². The first-order valence-corrected chi connectivity index (χ1v) is 17.5. The van der Waals surface area contributed by atoms with Gasteiger partial charge in [-0.25, -0.2) is 0 Å². The van der Waals surface area contributed by atoms with Gasteiger partial charge in [0.2, 0.25) is 5.91 Å². The third-order valence-electron chi connectivity index (χ3n) is 10.4. The Bertz CT molecular complexity index is 1230. The van der Waals surface area contributed by atoms with E-state index in [1.165, 1.54) is 18.4 Å². The molecule has 44 heavy (non-hydrogen) atoms. The van der Waals surface area contributed by atoms with Crippen LogP contribution in [0.25, 0.3) is 0 Å². The summed E-state index contributed by atoms with van der Waals surface area (Å²) in [7, 11) is 0. The Morgan fingerprint density at radius 1 is 0.773 bits per heavy atom. The number of carbonyl (C=O) groups excluding carboxylic acids is 2. The van der Waals surface area contributed by atoms with Crippen LogP contribution in [0.15, 0.2) is 30.3 Å². The molecule has 0 aromatic heterocycles. The number of likely N-dealkylation sites (tertiary alicyclic amines) is 2. The summed E-state index contributed by atoms with van der Waals surface area (Å²) >= 11 is 0. The number of carbonyl (C=O) groups is 2. The van der Waals surface area contributed by atoms with Crippen molar-refractivity contribution < 1.29 is 14.1 Å². The van der Waals surface area contributed by atoms with Crippen molar-refractivity contribution in [1.82, 2.24) is 4.90 Å². The van der Waals surface area contributed by atoms with Crippen LogP contribution in [-0.2, 0) is 9.59 Å². The minimum absolute atomic E-state index is 0.0261. The van der Waals surface area contributed by atoms with Gasteiger partial charge in [-0.3, -0.25) is 14.5 Å². The molecule has 6 heteroatoms. The minimum atomic E-state index is -0.0492. The number of quaternary nitrogens is 1. The molecule has 2 aliphatic heterocycles. The van der Waals surface area contributed by atoms with Crippen LogP contribution in [0.4, 0.5) is 11.4 Å². The summed E-state index contributed by atoms with van der Waals surface area (Å²) in [5, 5.41) is 6.66. The molecule has 2 N–H and O–H groups in total. The zero-order chi connectivity index (χ0) is 31.7. The predicted octanol–water partition coefficient (Wildman–Crippen LogP) is 8.00. The summed E-state index contributed by atoms with van der Waals surface area (Å²) in [6, 6.07) is 10.5. The van der Waals surface area contributed by atoms with Crippen molar-refractivity contribution >= 4 is 23.2 Å². The fraction of sp³-hybridized carbons (Fsp3) is 0.632. The number of piperidine rings is 2. The first-order chi connectivity index (χ1) is 21.1. The van der Waals surface area contributed by atoms with E-state index in [4.69, 9.17) is 0 Å². The molecule has 2 aliphatic rings.